The van der Waals surface area contributed by atoms with Gasteiger partial charge in [-0.15, -0.1) is 0 Å². The molecule has 0 saturated carbocycles. The van der Waals surface area contributed by atoms with Crippen molar-refractivity contribution in [3.8, 4) is 5.75 Å². The fraction of sp³-hybridized carbons (Fsp3) is 0.571. The second-order valence-corrected chi connectivity index (χ2v) is 6.75. The Bertz CT molecular complexity index is 514. The van der Waals surface area contributed by atoms with Crippen LogP contribution in [0.2, 0.25) is 0 Å². The second kappa shape index (κ2) is 8.33. The molecule has 7 heteroatoms. The first-order valence-electron chi connectivity index (χ1n) is 6.85. The van der Waals surface area contributed by atoms with Gasteiger partial charge in [-0.2, -0.15) is 0 Å². The van der Waals surface area contributed by atoms with E-state index in [0.717, 1.165) is 0 Å². The number of ether oxygens (including phenoxy) is 2. The van der Waals surface area contributed by atoms with E-state index in [1.807, 2.05) is 13.8 Å². The highest BCUT2D eigenvalue weighted by molar-refractivity contribution is 7.89. The van der Waals surface area contributed by atoms with Crippen LogP contribution >= 0.6 is 0 Å². The number of hydrogen-bond donors (Lipinski definition) is 2. The van der Waals surface area contributed by atoms with Crippen LogP contribution in [0.15, 0.2) is 29.2 Å². The van der Waals surface area contributed by atoms with E-state index in [9.17, 15) is 8.42 Å². The van der Waals surface area contributed by atoms with Crippen molar-refractivity contribution in [2.24, 2.45) is 11.7 Å². The molecule has 0 saturated heterocycles. The summed E-state index contributed by atoms with van der Waals surface area (Å²) in [5.74, 6) is 0.726. The molecule has 1 rings (SSSR count). The van der Waals surface area contributed by atoms with Gasteiger partial charge < -0.3 is 15.2 Å². The monoisotopic (exact) mass is 316 g/mol. The molecule has 0 spiro atoms. The summed E-state index contributed by atoms with van der Waals surface area (Å²) < 4.78 is 37.7. The van der Waals surface area contributed by atoms with Crippen molar-refractivity contribution in [2.45, 2.75) is 24.8 Å². The van der Waals surface area contributed by atoms with E-state index < -0.39 is 10.0 Å². The molecule has 6 nitrogen and oxygen atoms in total. The van der Waals surface area contributed by atoms with Gasteiger partial charge in [-0.1, -0.05) is 13.8 Å². The molecule has 0 fully saturated rings. The third-order valence-corrected chi connectivity index (χ3v) is 4.48. The van der Waals surface area contributed by atoms with Crippen molar-refractivity contribution in [1.82, 2.24) is 4.72 Å². The Labute approximate surface area is 126 Å². The summed E-state index contributed by atoms with van der Waals surface area (Å²) in [4.78, 5) is 0.198. The molecule has 21 heavy (non-hydrogen) atoms. The maximum absolute atomic E-state index is 12.3. The number of rotatable bonds is 9. The zero-order valence-electron chi connectivity index (χ0n) is 12.7. The SMILES string of the molecule is COCC(NS(=O)(=O)c1ccc(OCCN)cc1)C(C)C. The molecule has 1 atom stereocenters. The summed E-state index contributed by atoms with van der Waals surface area (Å²) in [5, 5.41) is 0. The number of nitrogens with one attached hydrogen (secondary N) is 1. The van der Waals surface area contributed by atoms with E-state index in [4.69, 9.17) is 15.2 Å². The average Bonchev–Trinajstić information content (AvgIpc) is 2.45. The normalized spacial score (nSPS) is 13.4. The van der Waals surface area contributed by atoms with E-state index in [2.05, 4.69) is 4.72 Å². The van der Waals surface area contributed by atoms with Crippen LogP contribution < -0.4 is 15.2 Å². The molecule has 0 aliphatic heterocycles. The minimum Gasteiger partial charge on any atom is -0.492 e. The maximum Gasteiger partial charge on any atom is 0.240 e. The van der Waals surface area contributed by atoms with Crippen molar-refractivity contribution in [3.63, 3.8) is 0 Å². The Morgan fingerprint density at radius 1 is 1.24 bits per heavy atom. The van der Waals surface area contributed by atoms with Crippen LogP contribution in [-0.4, -0.2) is 41.3 Å². The van der Waals surface area contributed by atoms with E-state index in [1.165, 1.54) is 12.1 Å². The second-order valence-electron chi connectivity index (χ2n) is 5.04. The molecule has 120 valence electrons. The molecule has 1 aromatic rings. The minimum absolute atomic E-state index is 0.131. The number of nitrogens with two attached hydrogens (primary N) is 1. The lowest BCUT2D eigenvalue weighted by atomic mass is 10.1. The minimum atomic E-state index is -3.57. The lowest BCUT2D eigenvalue weighted by molar-refractivity contribution is 0.157. The highest BCUT2D eigenvalue weighted by Gasteiger charge is 2.22. The maximum atomic E-state index is 12.3. The molecule has 0 aliphatic carbocycles. The van der Waals surface area contributed by atoms with Crippen molar-refractivity contribution in [2.75, 3.05) is 26.9 Å². The lowest BCUT2D eigenvalue weighted by Gasteiger charge is -2.21. The molecule has 1 unspecified atom stereocenters. The Hall–Kier alpha value is -1.15. The van der Waals surface area contributed by atoms with Gasteiger partial charge >= 0.3 is 0 Å². The largest absolute Gasteiger partial charge is 0.492 e. The Balaban J connectivity index is 2.81. The molecule has 0 heterocycles. The first-order chi connectivity index (χ1) is 9.90. The molecule has 3 N–H and O–H groups in total. The van der Waals surface area contributed by atoms with Crippen molar-refractivity contribution < 1.29 is 17.9 Å². The number of benzene rings is 1. The third-order valence-electron chi connectivity index (χ3n) is 2.98. The summed E-state index contributed by atoms with van der Waals surface area (Å²) >= 11 is 0. The average molecular weight is 316 g/mol. The third kappa shape index (κ3) is 5.62. The summed E-state index contributed by atoms with van der Waals surface area (Å²) in [7, 11) is -2.03. The molecule has 0 radical (unpaired) electrons. The topological polar surface area (TPSA) is 90.6 Å². The van der Waals surface area contributed by atoms with Gasteiger partial charge in [-0.3, -0.25) is 0 Å². The number of methoxy groups -OCH3 is 1. The Morgan fingerprint density at radius 2 is 1.86 bits per heavy atom. The van der Waals surface area contributed by atoms with Crippen molar-refractivity contribution in [1.29, 1.82) is 0 Å². The quantitative estimate of drug-likeness (QED) is 0.708. The van der Waals surface area contributed by atoms with Crippen molar-refractivity contribution in [3.05, 3.63) is 24.3 Å². The van der Waals surface area contributed by atoms with Gasteiger partial charge in [0.1, 0.15) is 12.4 Å². The van der Waals surface area contributed by atoms with Gasteiger partial charge in [-0.25, -0.2) is 13.1 Å². The van der Waals surface area contributed by atoms with Crippen LogP contribution in [0.4, 0.5) is 0 Å². The van der Waals surface area contributed by atoms with Gasteiger partial charge in [-0.05, 0) is 30.2 Å². The smallest absolute Gasteiger partial charge is 0.240 e. The van der Waals surface area contributed by atoms with Crippen LogP contribution in [-0.2, 0) is 14.8 Å². The lowest BCUT2D eigenvalue weighted by Crippen LogP contribution is -2.41. The molecule has 0 amide bonds. The zero-order valence-corrected chi connectivity index (χ0v) is 13.5. The first-order valence-corrected chi connectivity index (χ1v) is 8.33. The number of hydrogen-bond acceptors (Lipinski definition) is 5. The highest BCUT2D eigenvalue weighted by Crippen LogP contribution is 2.17. The summed E-state index contributed by atoms with van der Waals surface area (Å²) in [6.07, 6.45) is 0. The van der Waals surface area contributed by atoms with Crippen molar-refractivity contribution >= 4 is 10.0 Å². The molecule has 0 aliphatic rings. The number of sulfonamides is 1. The van der Waals surface area contributed by atoms with Crippen LogP contribution in [0.1, 0.15) is 13.8 Å². The zero-order chi connectivity index (χ0) is 15.9. The van der Waals surface area contributed by atoms with Gasteiger partial charge in [0.05, 0.1) is 11.5 Å². The van der Waals surface area contributed by atoms with E-state index in [-0.39, 0.29) is 16.9 Å². The fourth-order valence-corrected chi connectivity index (χ4v) is 3.07. The summed E-state index contributed by atoms with van der Waals surface area (Å²) in [6.45, 7) is 5.02. The van der Waals surface area contributed by atoms with E-state index >= 15 is 0 Å². The van der Waals surface area contributed by atoms with Gasteiger partial charge in [0, 0.05) is 19.7 Å². The molecule has 1 aromatic carbocycles. The molecule has 0 bridgehead atoms. The van der Waals surface area contributed by atoms with E-state index in [1.54, 1.807) is 19.2 Å². The fourth-order valence-electron chi connectivity index (χ4n) is 1.70. The van der Waals surface area contributed by atoms with E-state index in [0.29, 0.717) is 25.5 Å². The molecular formula is C14H24N2O4S. The van der Waals surface area contributed by atoms with Crippen LogP contribution in [0.5, 0.6) is 5.75 Å². The van der Waals surface area contributed by atoms with Gasteiger partial charge in [0.15, 0.2) is 0 Å². The molecular weight excluding hydrogens is 292 g/mol. The van der Waals surface area contributed by atoms with Crippen LogP contribution in [0.25, 0.3) is 0 Å². The van der Waals surface area contributed by atoms with Crippen LogP contribution in [0, 0.1) is 5.92 Å². The summed E-state index contributed by atoms with van der Waals surface area (Å²) in [5.41, 5.74) is 5.34. The first kappa shape index (κ1) is 17.9. The van der Waals surface area contributed by atoms with Gasteiger partial charge in [0.2, 0.25) is 10.0 Å². The predicted molar refractivity (Wildman–Crippen MR) is 81.8 cm³/mol. The van der Waals surface area contributed by atoms with Gasteiger partial charge in [0.25, 0.3) is 0 Å². The Morgan fingerprint density at radius 3 is 2.33 bits per heavy atom. The highest BCUT2D eigenvalue weighted by atomic mass is 32.2. The van der Waals surface area contributed by atoms with Crippen LogP contribution in [0.3, 0.4) is 0 Å². The predicted octanol–water partition coefficient (Wildman–Crippen LogP) is 0.973. The standard InChI is InChI=1S/C14H24N2O4S/c1-11(2)14(10-19-3)16-21(17,18)13-6-4-12(5-7-13)20-9-8-15/h4-7,11,14,16H,8-10,15H2,1-3H3. The summed E-state index contributed by atoms with van der Waals surface area (Å²) in [6, 6.07) is 5.99. The Kier molecular flexibility index (Phi) is 7.10. The molecule has 0 aromatic heterocycles.